The maximum atomic E-state index is 12.3. The second-order valence-corrected chi connectivity index (χ2v) is 7.32. The monoisotopic (exact) mass is 313 g/mol. The van der Waals surface area contributed by atoms with E-state index in [0.29, 0.717) is 11.7 Å². The summed E-state index contributed by atoms with van der Waals surface area (Å²) in [6.45, 7) is 2.42. The van der Waals surface area contributed by atoms with Gasteiger partial charge < -0.3 is 5.73 Å². The van der Waals surface area contributed by atoms with Gasteiger partial charge in [-0.15, -0.1) is 11.3 Å². The standard InChI is InChI=1S/C11H15N5O2S2/c1-2-16-6-9(10(12)14-16)20(17,18)15-11-13-7-4-3-5-8(7)19-11/h6H,2-5H2,1H3,(H2,12,14)(H,13,15). The molecule has 0 unspecified atom stereocenters. The molecule has 0 spiro atoms. The van der Waals surface area contributed by atoms with Crippen LogP contribution in [0.5, 0.6) is 0 Å². The van der Waals surface area contributed by atoms with Crippen LogP contribution in [0.2, 0.25) is 0 Å². The minimum absolute atomic E-state index is 0.00319. The van der Waals surface area contributed by atoms with Crippen LogP contribution in [0.25, 0.3) is 0 Å². The minimum Gasteiger partial charge on any atom is -0.381 e. The van der Waals surface area contributed by atoms with Crippen molar-refractivity contribution in [1.29, 1.82) is 0 Å². The number of fused-ring (bicyclic) bond motifs is 1. The smallest absolute Gasteiger partial charge is 0.268 e. The van der Waals surface area contributed by atoms with E-state index in [2.05, 4.69) is 14.8 Å². The van der Waals surface area contributed by atoms with Crippen molar-refractivity contribution in [3.05, 3.63) is 16.8 Å². The number of nitrogen functional groups attached to an aromatic ring is 1. The third-order valence-corrected chi connectivity index (χ3v) is 5.74. The normalized spacial score (nSPS) is 14.4. The van der Waals surface area contributed by atoms with Crippen molar-refractivity contribution in [2.24, 2.45) is 0 Å². The molecule has 0 aliphatic heterocycles. The molecule has 0 radical (unpaired) electrons. The van der Waals surface area contributed by atoms with Crippen LogP contribution in [0.1, 0.15) is 23.9 Å². The van der Waals surface area contributed by atoms with Crippen LogP contribution in [0.15, 0.2) is 11.1 Å². The first-order valence-electron chi connectivity index (χ1n) is 6.34. The Kier molecular flexibility index (Phi) is 3.17. The Hall–Kier alpha value is -1.61. The highest BCUT2D eigenvalue weighted by Crippen LogP contribution is 2.32. The van der Waals surface area contributed by atoms with Crippen LogP contribution in [0.3, 0.4) is 0 Å². The van der Waals surface area contributed by atoms with Crippen molar-refractivity contribution in [3.63, 3.8) is 0 Å². The molecule has 3 rings (SSSR count). The summed E-state index contributed by atoms with van der Waals surface area (Å²) in [4.78, 5) is 5.48. The topological polar surface area (TPSA) is 103 Å². The zero-order valence-electron chi connectivity index (χ0n) is 11.0. The highest BCUT2D eigenvalue weighted by atomic mass is 32.2. The Morgan fingerprint density at radius 2 is 2.30 bits per heavy atom. The first kappa shape index (κ1) is 13.4. The number of nitrogens with two attached hydrogens (primary N) is 1. The Morgan fingerprint density at radius 3 is 2.95 bits per heavy atom. The number of thiazole rings is 1. The van der Waals surface area contributed by atoms with Gasteiger partial charge in [-0.1, -0.05) is 0 Å². The van der Waals surface area contributed by atoms with Crippen molar-refractivity contribution in [1.82, 2.24) is 14.8 Å². The molecule has 20 heavy (non-hydrogen) atoms. The van der Waals surface area contributed by atoms with E-state index in [-0.39, 0.29) is 10.7 Å². The number of nitrogens with zero attached hydrogens (tertiary/aromatic N) is 3. The Balaban J connectivity index is 1.89. The van der Waals surface area contributed by atoms with Crippen molar-refractivity contribution < 1.29 is 8.42 Å². The number of aromatic nitrogens is 3. The van der Waals surface area contributed by atoms with Crippen LogP contribution in [-0.4, -0.2) is 23.2 Å². The van der Waals surface area contributed by atoms with Crippen LogP contribution in [-0.2, 0) is 29.4 Å². The molecule has 1 aliphatic carbocycles. The lowest BCUT2D eigenvalue weighted by atomic mass is 10.4. The van der Waals surface area contributed by atoms with E-state index in [4.69, 9.17) is 5.73 Å². The van der Waals surface area contributed by atoms with Gasteiger partial charge in [0.2, 0.25) is 0 Å². The predicted octanol–water partition coefficient (Wildman–Crippen LogP) is 1.23. The molecule has 2 heterocycles. The van der Waals surface area contributed by atoms with E-state index in [1.807, 2.05) is 6.92 Å². The molecular weight excluding hydrogens is 298 g/mol. The molecule has 1 aliphatic rings. The number of aryl methyl sites for hydroxylation is 3. The molecule has 0 aromatic carbocycles. The molecule has 0 saturated carbocycles. The van der Waals surface area contributed by atoms with Crippen LogP contribution < -0.4 is 10.5 Å². The molecule has 108 valence electrons. The van der Waals surface area contributed by atoms with E-state index in [1.165, 1.54) is 27.1 Å². The lowest BCUT2D eigenvalue weighted by molar-refractivity contribution is 0.600. The van der Waals surface area contributed by atoms with E-state index in [1.54, 1.807) is 0 Å². The maximum Gasteiger partial charge on any atom is 0.268 e. The molecule has 0 fully saturated rings. The Bertz CT molecular complexity index is 725. The van der Waals surface area contributed by atoms with Crippen molar-refractivity contribution >= 4 is 32.3 Å². The number of sulfonamides is 1. The van der Waals surface area contributed by atoms with Gasteiger partial charge in [-0.3, -0.25) is 9.40 Å². The van der Waals surface area contributed by atoms with E-state index < -0.39 is 10.0 Å². The molecule has 3 N–H and O–H groups in total. The number of hydrogen-bond acceptors (Lipinski definition) is 6. The fourth-order valence-electron chi connectivity index (χ4n) is 2.19. The van der Waals surface area contributed by atoms with Gasteiger partial charge >= 0.3 is 0 Å². The van der Waals surface area contributed by atoms with Crippen LogP contribution in [0.4, 0.5) is 10.9 Å². The van der Waals surface area contributed by atoms with Gasteiger partial charge in [-0.05, 0) is 26.2 Å². The summed E-state index contributed by atoms with van der Waals surface area (Å²) in [5.41, 5.74) is 6.67. The SMILES string of the molecule is CCn1cc(S(=O)(=O)Nc2nc3c(s2)CCC3)c(N)n1. The van der Waals surface area contributed by atoms with Crippen LogP contribution >= 0.6 is 11.3 Å². The number of anilines is 2. The maximum absolute atomic E-state index is 12.3. The summed E-state index contributed by atoms with van der Waals surface area (Å²) in [5, 5.41) is 4.35. The molecule has 0 amide bonds. The average molecular weight is 313 g/mol. The Morgan fingerprint density at radius 1 is 1.50 bits per heavy atom. The number of nitrogens with one attached hydrogen (secondary N) is 1. The molecule has 2 aromatic heterocycles. The molecule has 0 bridgehead atoms. The summed E-state index contributed by atoms with van der Waals surface area (Å²) in [5.74, 6) is 0.00319. The zero-order chi connectivity index (χ0) is 14.3. The average Bonchev–Trinajstić information content (AvgIpc) is 3.02. The molecule has 9 heteroatoms. The quantitative estimate of drug-likeness (QED) is 0.883. The number of hydrogen-bond donors (Lipinski definition) is 2. The van der Waals surface area contributed by atoms with Gasteiger partial charge in [0.1, 0.15) is 4.90 Å². The molecular formula is C11H15N5O2S2. The largest absolute Gasteiger partial charge is 0.381 e. The zero-order valence-corrected chi connectivity index (χ0v) is 12.6. The Labute approximate surface area is 120 Å². The van der Waals surface area contributed by atoms with Gasteiger partial charge in [0.05, 0.1) is 5.69 Å². The van der Waals surface area contributed by atoms with Gasteiger partial charge in [0.15, 0.2) is 10.9 Å². The predicted molar refractivity (Wildman–Crippen MR) is 77.3 cm³/mol. The van der Waals surface area contributed by atoms with Crippen LogP contribution in [0, 0.1) is 0 Å². The van der Waals surface area contributed by atoms with Gasteiger partial charge in [-0.25, -0.2) is 13.4 Å². The lowest BCUT2D eigenvalue weighted by Crippen LogP contribution is -2.13. The summed E-state index contributed by atoms with van der Waals surface area (Å²) in [6, 6.07) is 0. The summed E-state index contributed by atoms with van der Waals surface area (Å²) >= 11 is 1.39. The van der Waals surface area contributed by atoms with Gasteiger partial charge in [0.25, 0.3) is 10.0 Å². The first-order valence-corrected chi connectivity index (χ1v) is 8.64. The second kappa shape index (κ2) is 4.74. The van der Waals surface area contributed by atoms with Gasteiger partial charge in [-0.2, -0.15) is 5.10 Å². The molecule has 2 aromatic rings. The minimum atomic E-state index is -3.73. The summed E-state index contributed by atoms with van der Waals surface area (Å²) in [7, 11) is -3.73. The van der Waals surface area contributed by atoms with Gasteiger partial charge in [0, 0.05) is 17.6 Å². The second-order valence-electron chi connectivity index (χ2n) is 4.58. The first-order chi connectivity index (χ1) is 9.49. The van der Waals surface area contributed by atoms with Crippen molar-refractivity contribution in [3.8, 4) is 0 Å². The fraction of sp³-hybridized carbons (Fsp3) is 0.455. The fourth-order valence-corrected chi connectivity index (χ4v) is 4.55. The van der Waals surface area contributed by atoms with E-state index in [9.17, 15) is 8.42 Å². The highest BCUT2D eigenvalue weighted by Gasteiger charge is 2.24. The third-order valence-electron chi connectivity index (χ3n) is 3.19. The lowest BCUT2D eigenvalue weighted by Gasteiger charge is -2.03. The summed E-state index contributed by atoms with van der Waals surface area (Å²) < 4.78 is 28.6. The van der Waals surface area contributed by atoms with Crippen molar-refractivity contribution in [2.75, 3.05) is 10.5 Å². The number of rotatable bonds is 4. The molecule has 0 atom stereocenters. The summed E-state index contributed by atoms with van der Waals surface area (Å²) in [6.07, 6.45) is 4.42. The van der Waals surface area contributed by atoms with E-state index in [0.717, 1.165) is 25.0 Å². The third kappa shape index (κ3) is 2.27. The van der Waals surface area contributed by atoms with E-state index >= 15 is 0 Å². The molecule has 0 saturated heterocycles. The molecule has 7 nitrogen and oxygen atoms in total. The highest BCUT2D eigenvalue weighted by molar-refractivity contribution is 7.93. The van der Waals surface area contributed by atoms with Crippen molar-refractivity contribution in [2.45, 2.75) is 37.6 Å².